The maximum absolute atomic E-state index is 11.5. The first-order valence-electron chi connectivity index (χ1n) is 5.18. The lowest BCUT2D eigenvalue weighted by Gasteiger charge is -2.11. The summed E-state index contributed by atoms with van der Waals surface area (Å²) >= 11 is 5.96. The lowest BCUT2D eigenvalue weighted by atomic mass is 10.2. The number of rotatable bonds is 4. The van der Waals surface area contributed by atoms with Crippen molar-refractivity contribution in [2.45, 2.75) is 26.9 Å². The number of ether oxygens (including phenoxy) is 2. The van der Waals surface area contributed by atoms with Crippen LogP contribution in [0.3, 0.4) is 0 Å². The first-order valence-corrected chi connectivity index (χ1v) is 5.55. The Morgan fingerprint density at radius 1 is 1.44 bits per heavy atom. The van der Waals surface area contributed by atoms with Crippen molar-refractivity contribution in [2.75, 3.05) is 6.61 Å². The molecule has 0 N–H and O–H groups in total. The molecule has 0 heterocycles. The van der Waals surface area contributed by atoms with Gasteiger partial charge in [0.2, 0.25) is 0 Å². The lowest BCUT2D eigenvalue weighted by Crippen LogP contribution is -2.08. The molecule has 0 spiro atoms. The minimum Gasteiger partial charge on any atom is -0.491 e. The maximum atomic E-state index is 11.5. The van der Waals surface area contributed by atoms with Crippen molar-refractivity contribution in [3.05, 3.63) is 28.8 Å². The molecule has 0 radical (unpaired) electrons. The highest BCUT2D eigenvalue weighted by Crippen LogP contribution is 2.23. The number of esters is 1. The monoisotopic (exact) mass is 242 g/mol. The van der Waals surface area contributed by atoms with Crippen molar-refractivity contribution in [1.29, 1.82) is 0 Å². The molecule has 0 aliphatic rings. The van der Waals surface area contributed by atoms with Crippen molar-refractivity contribution in [1.82, 2.24) is 0 Å². The van der Waals surface area contributed by atoms with Crippen LogP contribution in [0.25, 0.3) is 0 Å². The average molecular weight is 243 g/mol. The highest BCUT2D eigenvalue weighted by Gasteiger charge is 2.12. The van der Waals surface area contributed by atoms with Crippen molar-refractivity contribution >= 4 is 17.6 Å². The summed E-state index contributed by atoms with van der Waals surface area (Å²) in [5, 5.41) is 0.344. The van der Waals surface area contributed by atoms with Crippen LogP contribution in [-0.4, -0.2) is 18.7 Å². The molecule has 0 atom stereocenters. The normalized spacial score (nSPS) is 10.3. The maximum Gasteiger partial charge on any atom is 0.339 e. The summed E-state index contributed by atoms with van der Waals surface area (Å²) < 4.78 is 10.3. The topological polar surface area (TPSA) is 35.5 Å². The van der Waals surface area contributed by atoms with E-state index in [-0.39, 0.29) is 6.10 Å². The Bertz CT molecular complexity index is 375. The molecule has 0 fully saturated rings. The molecule has 1 rings (SSSR count). The number of halogens is 1. The van der Waals surface area contributed by atoms with E-state index in [2.05, 4.69) is 0 Å². The molecule has 1 aromatic carbocycles. The molecule has 0 bridgehead atoms. The predicted octanol–water partition coefficient (Wildman–Crippen LogP) is 3.30. The van der Waals surface area contributed by atoms with E-state index in [1.54, 1.807) is 25.1 Å². The standard InChI is InChI=1S/C12H15ClO3/c1-4-15-12(14)10-6-5-9(7-11(10)13)16-8(2)3/h5-8H,4H2,1-3H3. The molecule has 4 heteroatoms. The van der Waals surface area contributed by atoms with Gasteiger partial charge < -0.3 is 9.47 Å². The van der Waals surface area contributed by atoms with Gasteiger partial charge in [-0.1, -0.05) is 11.6 Å². The first kappa shape index (κ1) is 12.8. The van der Waals surface area contributed by atoms with E-state index in [0.29, 0.717) is 22.9 Å². The summed E-state index contributed by atoms with van der Waals surface area (Å²) in [6.45, 7) is 5.93. The van der Waals surface area contributed by atoms with E-state index in [9.17, 15) is 4.79 Å². The van der Waals surface area contributed by atoms with Gasteiger partial charge in [0.25, 0.3) is 0 Å². The summed E-state index contributed by atoms with van der Waals surface area (Å²) in [4.78, 5) is 11.5. The minimum absolute atomic E-state index is 0.0736. The molecule has 0 saturated carbocycles. The third-order valence-corrected chi connectivity index (χ3v) is 2.12. The van der Waals surface area contributed by atoms with Crippen LogP contribution >= 0.6 is 11.6 Å². The fourth-order valence-corrected chi connectivity index (χ4v) is 1.46. The summed E-state index contributed by atoms with van der Waals surface area (Å²) in [5.41, 5.74) is 0.361. The third-order valence-electron chi connectivity index (χ3n) is 1.81. The fraction of sp³-hybridized carbons (Fsp3) is 0.417. The molecule has 0 saturated heterocycles. The Labute approximate surface area is 100 Å². The number of hydrogen-bond donors (Lipinski definition) is 0. The second-order valence-electron chi connectivity index (χ2n) is 3.53. The molecule has 3 nitrogen and oxygen atoms in total. The van der Waals surface area contributed by atoms with E-state index in [0.717, 1.165) is 0 Å². The molecule has 0 aromatic heterocycles. The van der Waals surface area contributed by atoms with Crippen LogP contribution in [0.5, 0.6) is 5.75 Å². The van der Waals surface area contributed by atoms with E-state index in [4.69, 9.17) is 21.1 Å². The van der Waals surface area contributed by atoms with Gasteiger partial charge in [-0.3, -0.25) is 0 Å². The summed E-state index contributed by atoms with van der Waals surface area (Å²) in [5.74, 6) is 0.233. The van der Waals surface area contributed by atoms with Gasteiger partial charge in [-0.15, -0.1) is 0 Å². The van der Waals surface area contributed by atoms with Crippen molar-refractivity contribution in [3.8, 4) is 5.75 Å². The number of carbonyl (C=O) groups is 1. The summed E-state index contributed by atoms with van der Waals surface area (Å²) in [7, 11) is 0. The van der Waals surface area contributed by atoms with Gasteiger partial charge in [-0.05, 0) is 39.0 Å². The van der Waals surface area contributed by atoms with Crippen LogP contribution in [0.2, 0.25) is 5.02 Å². The number of carbonyl (C=O) groups excluding carboxylic acids is 1. The Morgan fingerprint density at radius 2 is 2.12 bits per heavy atom. The van der Waals surface area contributed by atoms with E-state index in [1.165, 1.54) is 0 Å². The summed E-state index contributed by atoms with van der Waals surface area (Å²) in [6.07, 6.45) is 0.0736. The van der Waals surface area contributed by atoms with Gasteiger partial charge >= 0.3 is 5.97 Å². The largest absolute Gasteiger partial charge is 0.491 e. The van der Waals surface area contributed by atoms with Crippen LogP contribution < -0.4 is 4.74 Å². The SMILES string of the molecule is CCOC(=O)c1ccc(OC(C)C)cc1Cl. The molecular formula is C12H15ClO3. The van der Waals surface area contributed by atoms with Crippen LogP contribution in [-0.2, 0) is 4.74 Å². The quantitative estimate of drug-likeness (QED) is 0.760. The number of benzene rings is 1. The summed E-state index contributed by atoms with van der Waals surface area (Å²) in [6, 6.07) is 4.93. The highest BCUT2D eigenvalue weighted by atomic mass is 35.5. The van der Waals surface area contributed by atoms with E-state index < -0.39 is 5.97 Å². The minimum atomic E-state index is -0.413. The molecule has 0 amide bonds. The fourth-order valence-electron chi connectivity index (χ4n) is 1.22. The lowest BCUT2D eigenvalue weighted by molar-refractivity contribution is 0.0526. The van der Waals surface area contributed by atoms with Crippen molar-refractivity contribution in [2.24, 2.45) is 0 Å². The predicted molar refractivity (Wildman–Crippen MR) is 63.2 cm³/mol. The molecule has 0 aliphatic heterocycles. The molecule has 16 heavy (non-hydrogen) atoms. The zero-order valence-electron chi connectivity index (χ0n) is 9.62. The van der Waals surface area contributed by atoms with Gasteiger partial charge in [0, 0.05) is 0 Å². The van der Waals surface area contributed by atoms with E-state index in [1.807, 2.05) is 13.8 Å². The third kappa shape index (κ3) is 3.42. The van der Waals surface area contributed by atoms with Crippen LogP contribution in [0, 0.1) is 0 Å². The molecule has 0 aliphatic carbocycles. The highest BCUT2D eigenvalue weighted by molar-refractivity contribution is 6.33. The smallest absolute Gasteiger partial charge is 0.339 e. The van der Waals surface area contributed by atoms with Crippen LogP contribution in [0.15, 0.2) is 18.2 Å². The van der Waals surface area contributed by atoms with Gasteiger partial charge in [0.1, 0.15) is 5.75 Å². The first-order chi connectivity index (χ1) is 7.54. The van der Waals surface area contributed by atoms with Gasteiger partial charge in [-0.2, -0.15) is 0 Å². The van der Waals surface area contributed by atoms with Crippen molar-refractivity contribution < 1.29 is 14.3 Å². The molecule has 0 unspecified atom stereocenters. The number of hydrogen-bond acceptors (Lipinski definition) is 3. The van der Waals surface area contributed by atoms with Crippen LogP contribution in [0.1, 0.15) is 31.1 Å². The Balaban J connectivity index is 2.87. The second-order valence-corrected chi connectivity index (χ2v) is 3.94. The van der Waals surface area contributed by atoms with Gasteiger partial charge in [0.15, 0.2) is 0 Å². The van der Waals surface area contributed by atoms with E-state index >= 15 is 0 Å². The van der Waals surface area contributed by atoms with Crippen molar-refractivity contribution in [3.63, 3.8) is 0 Å². The Hall–Kier alpha value is -1.22. The zero-order chi connectivity index (χ0) is 12.1. The Morgan fingerprint density at radius 3 is 2.62 bits per heavy atom. The Kier molecular flexibility index (Phi) is 4.62. The van der Waals surface area contributed by atoms with Gasteiger partial charge in [-0.25, -0.2) is 4.79 Å². The van der Waals surface area contributed by atoms with Gasteiger partial charge in [0.05, 0.1) is 23.3 Å². The molecular weight excluding hydrogens is 228 g/mol. The second kappa shape index (κ2) is 5.75. The zero-order valence-corrected chi connectivity index (χ0v) is 10.4. The van der Waals surface area contributed by atoms with Crippen LogP contribution in [0.4, 0.5) is 0 Å². The molecule has 88 valence electrons. The molecule has 1 aromatic rings. The average Bonchev–Trinajstić information content (AvgIpc) is 2.16.